The molecule has 2 saturated heterocycles. The molecule has 4 nitrogen and oxygen atoms in total. The first-order chi connectivity index (χ1) is 10.4. The van der Waals surface area contributed by atoms with Gasteiger partial charge in [-0.15, -0.1) is 0 Å². The molecule has 0 spiro atoms. The summed E-state index contributed by atoms with van der Waals surface area (Å²) in [4.78, 5) is 11.2. The maximum atomic E-state index is 12.4. The van der Waals surface area contributed by atoms with E-state index < -0.39 is 17.9 Å². The van der Waals surface area contributed by atoms with Crippen LogP contribution < -0.4 is 10.1 Å². The van der Waals surface area contributed by atoms with Crippen LogP contribution in [0.25, 0.3) is 0 Å². The lowest BCUT2D eigenvalue weighted by atomic mass is 9.99. The Hall–Kier alpha value is -1.76. The molecule has 0 unspecified atom stereocenters. The van der Waals surface area contributed by atoms with E-state index in [0.29, 0.717) is 25.0 Å². The summed E-state index contributed by atoms with van der Waals surface area (Å²) in [6.45, 7) is 0. The lowest BCUT2D eigenvalue weighted by Crippen LogP contribution is -2.56. The van der Waals surface area contributed by atoms with Crippen molar-refractivity contribution >= 4 is 5.97 Å². The Bertz CT molecular complexity index is 549. The molecule has 3 atom stereocenters. The standard InChI is InChI=1S/C15H16F3NO3/c16-15(17,18)13(20)22-14-7-6-10(19-14)8-12(9-14)21-11-4-2-1-3-5-11/h1-5,10,12,19H,6-9H2/t10-,12+,14+/m0/s1. The predicted molar refractivity (Wildman–Crippen MR) is 71.1 cm³/mol. The first-order valence-electron chi connectivity index (χ1n) is 7.16. The third-order valence-electron chi connectivity index (χ3n) is 4.03. The van der Waals surface area contributed by atoms with Crippen molar-refractivity contribution < 1.29 is 27.4 Å². The van der Waals surface area contributed by atoms with Crippen LogP contribution in [-0.2, 0) is 9.53 Å². The van der Waals surface area contributed by atoms with Gasteiger partial charge in [0.05, 0.1) is 0 Å². The average molecular weight is 315 g/mol. The van der Waals surface area contributed by atoms with Crippen molar-refractivity contribution in [2.75, 3.05) is 0 Å². The number of piperidine rings is 1. The van der Waals surface area contributed by atoms with Crippen molar-refractivity contribution in [1.29, 1.82) is 0 Å². The molecule has 2 aliphatic heterocycles. The number of esters is 1. The fourth-order valence-corrected chi connectivity index (χ4v) is 3.17. The summed E-state index contributed by atoms with van der Waals surface area (Å²) in [6.07, 6.45) is -3.34. The third-order valence-corrected chi connectivity index (χ3v) is 4.03. The van der Waals surface area contributed by atoms with Crippen LogP contribution in [-0.4, -0.2) is 30.0 Å². The highest BCUT2D eigenvalue weighted by Crippen LogP contribution is 2.39. The number of nitrogens with one attached hydrogen (secondary N) is 1. The molecule has 1 N–H and O–H groups in total. The summed E-state index contributed by atoms with van der Waals surface area (Å²) in [5.74, 6) is -1.49. The monoisotopic (exact) mass is 315 g/mol. The second-order valence-corrected chi connectivity index (χ2v) is 5.75. The molecular weight excluding hydrogens is 299 g/mol. The van der Waals surface area contributed by atoms with E-state index in [0.717, 1.165) is 0 Å². The van der Waals surface area contributed by atoms with Crippen LogP contribution >= 0.6 is 0 Å². The lowest BCUT2D eigenvalue weighted by molar-refractivity contribution is -0.219. The van der Waals surface area contributed by atoms with E-state index in [1.165, 1.54) is 0 Å². The second kappa shape index (κ2) is 5.46. The van der Waals surface area contributed by atoms with Gasteiger partial charge in [0.2, 0.25) is 0 Å². The lowest BCUT2D eigenvalue weighted by Gasteiger charge is -2.38. The number of carbonyl (C=O) groups is 1. The zero-order valence-electron chi connectivity index (χ0n) is 11.7. The van der Waals surface area contributed by atoms with Gasteiger partial charge in [-0.05, 0) is 25.0 Å². The van der Waals surface area contributed by atoms with Crippen molar-refractivity contribution in [2.45, 2.75) is 49.7 Å². The molecule has 22 heavy (non-hydrogen) atoms. The van der Waals surface area contributed by atoms with E-state index in [-0.39, 0.29) is 18.6 Å². The van der Waals surface area contributed by atoms with Crippen LogP contribution in [0.3, 0.4) is 0 Å². The van der Waals surface area contributed by atoms with Crippen molar-refractivity contribution in [3.8, 4) is 5.75 Å². The fourth-order valence-electron chi connectivity index (χ4n) is 3.17. The van der Waals surface area contributed by atoms with Crippen LogP contribution in [0.1, 0.15) is 25.7 Å². The van der Waals surface area contributed by atoms with Crippen LogP contribution in [0.5, 0.6) is 5.75 Å². The van der Waals surface area contributed by atoms with Crippen molar-refractivity contribution in [3.63, 3.8) is 0 Å². The Labute approximate surface area is 125 Å². The molecule has 1 aromatic carbocycles. The van der Waals surface area contributed by atoms with Gasteiger partial charge < -0.3 is 9.47 Å². The Morgan fingerprint density at radius 3 is 2.68 bits per heavy atom. The number of fused-ring (bicyclic) bond motifs is 2. The van der Waals surface area contributed by atoms with E-state index in [4.69, 9.17) is 9.47 Å². The zero-order chi connectivity index (χ0) is 15.8. The number of hydrogen-bond donors (Lipinski definition) is 1. The van der Waals surface area contributed by atoms with Crippen molar-refractivity contribution in [1.82, 2.24) is 5.32 Å². The number of benzene rings is 1. The summed E-state index contributed by atoms with van der Waals surface area (Å²) in [5, 5.41) is 3.00. The fraction of sp³-hybridized carbons (Fsp3) is 0.533. The Morgan fingerprint density at radius 1 is 1.27 bits per heavy atom. The van der Waals surface area contributed by atoms with Gasteiger partial charge in [0, 0.05) is 18.9 Å². The maximum absolute atomic E-state index is 12.4. The van der Waals surface area contributed by atoms with Gasteiger partial charge in [-0.25, -0.2) is 4.79 Å². The van der Waals surface area contributed by atoms with Crippen molar-refractivity contribution in [2.24, 2.45) is 0 Å². The molecule has 2 bridgehead atoms. The molecule has 2 fully saturated rings. The number of carbonyl (C=O) groups excluding carboxylic acids is 1. The molecule has 0 saturated carbocycles. The van der Waals surface area contributed by atoms with Gasteiger partial charge in [0.1, 0.15) is 11.9 Å². The molecule has 0 aliphatic carbocycles. The van der Waals surface area contributed by atoms with Crippen LogP contribution in [0.4, 0.5) is 13.2 Å². The molecule has 120 valence electrons. The quantitative estimate of drug-likeness (QED) is 0.871. The number of ether oxygens (including phenoxy) is 2. The van der Waals surface area contributed by atoms with Crippen LogP contribution in [0.2, 0.25) is 0 Å². The Morgan fingerprint density at radius 2 is 2.00 bits per heavy atom. The van der Waals surface area contributed by atoms with Gasteiger partial charge in [-0.2, -0.15) is 13.2 Å². The number of rotatable bonds is 3. The smallest absolute Gasteiger partial charge is 0.490 e. The van der Waals surface area contributed by atoms with Crippen LogP contribution in [0, 0.1) is 0 Å². The van der Waals surface area contributed by atoms with Gasteiger partial charge >= 0.3 is 12.1 Å². The summed E-state index contributed by atoms with van der Waals surface area (Å²) >= 11 is 0. The predicted octanol–water partition coefficient (Wildman–Crippen LogP) is 2.78. The number of halogens is 3. The molecule has 0 aromatic heterocycles. The highest BCUT2D eigenvalue weighted by Gasteiger charge is 2.53. The minimum Gasteiger partial charge on any atom is -0.490 e. The van der Waals surface area contributed by atoms with E-state index in [1.807, 2.05) is 18.2 Å². The summed E-state index contributed by atoms with van der Waals surface area (Å²) in [6, 6.07) is 9.08. The zero-order valence-corrected chi connectivity index (χ0v) is 11.7. The first kappa shape index (κ1) is 15.1. The molecule has 7 heteroatoms. The van der Waals surface area contributed by atoms with Crippen molar-refractivity contribution in [3.05, 3.63) is 30.3 Å². The summed E-state index contributed by atoms with van der Waals surface area (Å²) < 4.78 is 47.9. The minimum absolute atomic E-state index is 0.00324. The Balaban J connectivity index is 1.69. The first-order valence-corrected chi connectivity index (χ1v) is 7.16. The molecule has 0 radical (unpaired) electrons. The minimum atomic E-state index is -4.98. The summed E-state index contributed by atoms with van der Waals surface area (Å²) in [7, 11) is 0. The van der Waals surface area contributed by atoms with E-state index >= 15 is 0 Å². The van der Waals surface area contributed by atoms with Gasteiger partial charge in [0.15, 0.2) is 5.72 Å². The van der Waals surface area contributed by atoms with Crippen LogP contribution in [0.15, 0.2) is 30.3 Å². The normalized spacial score (nSPS) is 30.9. The van der Waals surface area contributed by atoms with E-state index in [9.17, 15) is 18.0 Å². The Kier molecular flexibility index (Phi) is 3.76. The molecule has 3 rings (SSSR count). The largest absolute Gasteiger partial charge is 0.490 e. The van der Waals surface area contributed by atoms with Gasteiger partial charge in [0.25, 0.3) is 0 Å². The average Bonchev–Trinajstić information content (AvgIpc) is 2.74. The molecule has 0 amide bonds. The maximum Gasteiger partial charge on any atom is 0.490 e. The SMILES string of the molecule is O=C(O[C@]12CC[C@@H](C[C@@H](Oc3ccccc3)C1)N2)C(F)(F)F. The third kappa shape index (κ3) is 3.19. The molecular formula is C15H16F3NO3. The molecule has 2 heterocycles. The number of alkyl halides is 3. The molecule has 1 aromatic rings. The number of para-hydroxylation sites is 1. The topological polar surface area (TPSA) is 47.6 Å². The highest BCUT2D eigenvalue weighted by molar-refractivity contribution is 5.76. The number of hydrogen-bond acceptors (Lipinski definition) is 4. The van der Waals surface area contributed by atoms with E-state index in [2.05, 4.69) is 5.32 Å². The summed E-state index contributed by atoms with van der Waals surface area (Å²) in [5.41, 5.74) is -1.27. The van der Waals surface area contributed by atoms with E-state index in [1.54, 1.807) is 12.1 Å². The highest BCUT2D eigenvalue weighted by atomic mass is 19.4. The van der Waals surface area contributed by atoms with Gasteiger partial charge in [-0.1, -0.05) is 18.2 Å². The van der Waals surface area contributed by atoms with Gasteiger partial charge in [-0.3, -0.25) is 5.32 Å². The molecule has 2 aliphatic rings. The second-order valence-electron chi connectivity index (χ2n) is 5.75.